The van der Waals surface area contributed by atoms with Gasteiger partial charge in [0.1, 0.15) is 11.4 Å². The Labute approximate surface area is 229 Å². The molecule has 0 fully saturated rings. The summed E-state index contributed by atoms with van der Waals surface area (Å²) in [6.07, 6.45) is -0.354. The van der Waals surface area contributed by atoms with Crippen LogP contribution in [0.1, 0.15) is 31.2 Å². The number of nitrogens with zero attached hydrogens (tertiary/aromatic N) is 1. The van der Waals surface area contributed by atoms with Crippen molar-refractivity contribution in [3.05, 3.63) is 52.9 Å². The van der Waals surface area contributed by atoms with Crippen LogP contribution >= 0.6 is 23.1 Å². The van der Waals surface area contributed by atoms with Crippen LogP contribution in [0.15, 0.2) is 61.5 Å². The summed E-state index contributed by atoms with van der Waals surface area (Å²) in [5.41, 5.74) is 13.9. The molecule has 2 aromatic carbocycles. The number of anilines is 2. The molecule has 0 saturated heterocycles. The third-order valence-electron chi connectivity index (χ3n) is 5.05. The molecule has 0 spiro atoms. The molecular weight excluding hydrogens is 548 g/mol. The second kappa shape index (κ2) is 11.1. The normalized spacial score (nSPS) is 12.3. The van der Waals surface area contributed by atoms with Crippen molar-refractivity contribution in [3.8, 4) is 11.1 Å². The number of nitrogens with one attached hydrogen (secondary N) is 1. The van der Waals surface area contributed by atoms with Gasteiger partial charge in [-0.2, -0.15) is 4.99 Å². The molecule has 1 aromatic heterocycles. The molecule has 0 bridgehead atoms. The lowest BCUT2D eigenvalue weighted by Crippen LogP contribution is -2.24. The van der Waals surface area contributed by atoms with Gasteiger partial charge in [0, 0.05) is 16.9 Å². The van der Waals surface area contributed by atoms with Gasteiger partial charge in [0.15, 0.2) is 0 Å². The van der Waals surface area contributed by atoms with Crippen molar-refractivity contribution in [1.29, 1.82) is 0 Å². The van der Waals surface area contributed by atoms with Crippen molar-refractivity contribution < 1.29 is 27.9 Å². The Morgan fingerprint density at radius 2 is 1.84 bits per heavy atom. The van der Waals surface area contributed by atoms with E-state index < -0.39 is 27.6 Å². The van der Waals surface area contributed by atoms with Crippen LogP contribution in [0.3, 0.4) is 0 Å². The molecule has 3 rings (SSSR count). The molecule has 0 aliphatic heterocycles. The number of nitrogens with two attached hydrogens (primary N) is 2. The van der Waals surface area contributed by atoms with E-state index in [2.05, 4.69) is 10.3 Å². The highest BCUT2D eigenvalue weighted by Gasteiger charge is 2.26. The number of aryl methyl sites for hydroxylation is 1. The first-order chi connectivity index (χ1) is 17.6. The van der Waals surface area contributed by atoms with Gasteiger partial charge in [0.25, 0.3) is 0 Å². The number of nitrogen functional groups attached to an aromatic ring is 1. The average Bonchev–Trinajstić information content (AvgIpc) is 3.23. The lowest BCUT2D eigenvalue weighted by atomic mass is 9.98. The zero-order chi connectivity index (χ0) is 28.4. The van der Waals surface area contributed by atoms with Gasteiger partial charge in [-0.05, 0) is 75.4 Å². The number of benzene rings is 2. The number of hydrogen-bond acceptors (Lipinski definition) is 8. The number of thiophene rings is 1. The first-order valence-electron chi connectivity index (χ1n) is 11.1. The Morgan fingerprint density at radius 1 is 1.16 bits per heavy atom. The van der Waals surface area contributed by atoms with Crippen molar-refractivity contribution in [2.75, 3.05) is 17.3 Å². The lowest BCUT2D eigenvalue weighted by molar-refractivity contribution is 0.0604. The van der Waals surface area contributed by atoms with Crippen LogP contribution in [-0.2, 0) is 14.6 Å². The van der Waals surface area contributed by atoms with Crippen molar-refractivity contribution >= 4 is 62.3 Å². The number of sulfone groups is 1. The zero-order valence-electron chi connectivity index (χ0n) is 21.4. The number of aliphatic imine (C=N–C) groups is 1. The topological polar surface area (TPSA) is 174 Å². The maximum absolute atomic E-state index is 13.7. The number of carbonyl (C=O) groups excluding carboxylic acids is 1. The molecule has 0 aliphatic carbocycles. The van der Waals surface area contributed by atoms with E-state index in [0.29, 0.717) is 31.5 Å². The second-order valence-electron chi connectivity index (χ2n) is 9.16. The smallest absolute Gasteiger partial charge is 0.436 e. The molecule has 2 amide bonds. The van der Waals surface area contributed by atoms with Gasteiger partial charge in [-0.3, -0.25) is 5.32 Å². The molecular formula is C25H28N4O6S3. The van der Waals surface area contributed by atoms with Crippen molar-refractivity contribution in [2.24, 2.45) is 10.7 Å². The van der Waals surface area contributed by atoms with Crippen molar-refractivity contribution in [3.63, 3.8) is 0 Å². The summed E-state index contributed by atoms with van der Waals surface area (Å²) in [6, 6.07) is 10.8. The van der Waals surface area contributed by atoms with E-state index in [1.165, 1.54) is 36.0 Å². The van der Waals surface area contributed by atoms with E-state index >= 15 is 0 Å². The lowest BCUT2D eigenvalue weighted by Gasteiger charge is -2.17. The molecule has 202 valence electrons. The summed E-state index contributed by atoms with van der Waals surface area (Å²) in [4.78, 5) is 27.2. The fraction of sp³-hybridized carbons (Fsp3) is 0.240. The van der Waals surface area contributed by atoms with E-state index in [1.807, 2.05) is 0 Å². The minimum atomic E-state index is -4.00. The number of carbonyl (C=O) groups is 2. The van der Waals surface area contributed by atoms with Crippen molar-refractivity contribution in [2.45, 2.75) is 47.3 Å². The van der Waals surface area contributed by atoms with Gasteiger partial charge in [0.05, 0.1) is 18.9 Å². The minimum Gasteiger partial charge on any atom is -0.465 e. The van der Waals surface area contributed by atoms with E-state index in [0.717, 1.165) is 11.3 Å². The molecule has 0 atom stereocenters. The molecule has 10 nitrogen and oxygen atoms in total. The third-order valence-corrected chi connectivity index (χ3v) is 9.38. The Morgan fingerprint density at radius 3 is 2.42 bits per heavy atom. The summed E-state index contributed by atoms with van der Waals surface area (Å²) in [6.45, 7) is 6.85. The van der Waals surface area contributed by atoms with E-state index in [9.17, 15) is 18.0 Å². The minimum absolute atomic E-state index is 0.0313. The van der Waals surface area contributed by atoms with Gasteiger partial charge in [-0.25, -0.2) is 18.0 Å². The fourth-order valence-corrected chi connectivity index (χ4v) is 7.54. The zero-order valence-corrected chi connectivity index (χ0v) is 23.8. The second-order valence-corrected chi connectivity index (χ2v) is 13.2. The molecule has 0 radical (unpaired) electrons. The highest BCUT2D eigenvalue weighted by Crippen LogP contribution is 2.39. The Hall–Kier alpha value is -3.55. The first kappa shape index (κ1) is 29.0. The average molecular weight is 577 g/mol. The van der Waals surface area contributed by atoms with Crippen LogP contribution in [0.5, 0.6) is 0 Å². The van der Waals surface area contributed by atoms with Gasteiger partial charge in [-0.15, -0.1) is 23.1 Å². The quantitative estimate of drug-likeness (QED) is 0.126. The van der Waals surface area contributed by atoms with E-state index in [-0.39, 0.29) is 21.3 Å². The van der Waals surface area contributed by atoms with Crippen molar-refractivity contribution in [1.82, 2.24) is 0 Å². The number of rotatable bonds is 6. The molecule has 3 aromatic rings. The van der Waals surface area contributed by atoms with Gasteiger partial charge in [-0.1, -0.05) is 12.1 Å². The molecule has 1 heterocycles. The van der Waals surface area contributed by atoms with Crippen LogP contribution in [0.2, 0.25) is 0 Å². The Bertz CT molecular complexity index is 1520. The summed E-state index contributed by atoms with van der Waals surface area (Å²) in [5.74, 6) is -0.145. The molecule has 38 heavy (non-hydrogen) atoms. The standard InChI is InChI=1S/C25H28N4O6S3/c1-13-9-15(28-23(30)31)11-17(26)20(13)14-7-6-8-16(10-14)38(33,34)19-12-18(37-22(19)36-5)21(27)29-24(32)35-25(2,3)4/h6-12,28H,26H2,1-5H3,(H,30,31)(H2,27,29,32). The van der Waals surface area contributed by atoms with E-state index in [4.69, 9.17) is 21.3 Å². The fourth-order valence-electron chi connectivity index (χ4n) is 3.60. The SMILES string of the molecule is CSc1sc(/C(N)=N\C(=O)OC(C)(C)C)cc1S(=O)(=O)c1cccc(-c2c(C)cc(NC(=O)O)cc2N)c1. The monoisotopic (exact) mass is 576 g/mol. The molecule has 13 heteroatoms. The predicted octanol–water partition coefficient (Wildman–Crippen LogP) is 5.59. The molecule has 0 aliphatic rings. The van der Waals surface area contributed by atoms with Gasteiger partial charge >= 0.3 is 12.2 Å². The van der Waals surface area contributed by atoms with Crippen LogP contribution in [0.4, 0.5) is 21.0 Å². The highest BCUT2D eigenvalue weighted by atomic mass is 32.2. The number of ether oxygens (including phenoxy) is 1. The summed E-state index contributed by atoms with van der Waals surface area (Å²) in [5, 5.41) is 11.2. The number of amides is 2. The number of amidine groups is 1. The number of carboxylic acid groups (broad SMARTS) is 1. The van der Waals surface area contributed by atoms with E-state index in [1.54, 1.807) is 52.1 Å². The summed E-state index contributed by atoms with van der Waals surface area (Å²) >= 11 is 2.34. The maximum atomic E-state index is 13.7. The van der Waals surface area contributed by atoms with Gasteiger partial charge < -0.3 is 21.3 Å². The number of thioether (sulfide) groups is 1. The molecule has 0 unspecified atom stereocenters. The van der Waals surface area contributed by atoms with Crippen LogP contribution in [-0.4, -0.2) is 43.4 Å². The highest BCUT2D eigenvalue weighted by molar-refractivity contribution is 8.01. The van der Waals surface area contributed by atoms with Gasteiger partial charge in [0.2, 0.25) is 9.84 Å². The largest absolute Gasteiger partial charge is 0.465 e. The van der Waals surface area contributed by atoms with Crippen LogP contribution in [0, 0.1) is 6.92 Å². The molecule has 6 N–H and O–H groups in total. The number of hydrogen-bond donors (Lipinski definition) is 4. The Kier molecular flexibility index (Phi) is 8.44. The summed E-state index contributed by atoms with van der Waals surface area (Å²) < 4.78 is 33.0. The third kappa shape index (κ3) is 6.65. The molecule has 0 saturated carbocycles. The predicted molar refractivity (Wildman–Crippen MR) is 151 cm³/mol. The Balaban J connectivity index is 2.03. The summed E-state index contributed by atoms with van der Waals surface area (Å²) in [7, 11) is -4.00. The van der Waals surface area contributed by atoms with Crippen LogP contribution in [0.25, 0.3) is 11.1 Å². The van der Waals surface area contributed by atoms with Crippen LogP contribution < -0.4 is 16.8 Å². The first-order valence-corrected chi connectivity index (χ1v) is 14.7. The maximum Gasteiger partial charge on any atom is 0.436 e.